The summed E-state index contributed by atoms with van der Waals surface area (Å²) in [7, 11) is 0. The second-order valence-electron chi connectivity index (χ2n) is 6.91. The highest BCUT2D eigenvalue weighted by Crippen LogP contribution is 2.29. The van der Waals surface area contributed by atoms with Crippen LogP contribution in [0.1, 0.15) is 33.0 Å². The van der Waals surface area contributed by atoms with Crippen molar-refractivity contribution in [2.45, 2.75) is 38.4 Å². The van der Waals surface area contributed by atoms with E-state index in [-0.39, 0.29) is 4.75 Å². The van der Waals surface area contributed by atoms with Gasteiger partial charge >= 0.3 is 0 Å². The van der Waals surface area contributed by atoms with E-state index in [0.29, 0.717) is 0 Å². The third-order valence-corrected chi connectivity index (χ3v) is 5.56. The lowest BCUT2D eigenvalue weighted by Crippen LogP contribution is -2.51. The molecule has 1 fully saturated rings. The fourth-order valence-corrected chi connectivity index (χ4v) is 4.22. The molecule has 0 spiro atoms. The number of hydrogen-bond acceptors (Lipinski definition) is 4. The van der Waals surface area contributed by atoms with E-state index in [1.165, 1.54) is 0 Å². The number of nitrogens with zero attached hydrogens (tertiary/aromatic N) is 5. The smallest absolute Gasteiger partial charge is 0.193 e. The average molecular weight is 361 g/mol. The van der Waals surface area contributed by atoms with Crippen molar-refractivity contribution in [3.05, 3.63) is 30.2 Å². The van der Waals surface area contributed by atoms with Gasteiger partial charge in [-0.05, 0) is 39.3 Å². The summed E-state index contributed by atoms with van der Waals surface area (Å²) in [5.74, 6) is 3.21. The highest BCUT2D eigenvalue weighted by molar-refractivity contribution is 8.00. The van der Waals surface area contributed by atoms with Gasteiger partial charge in [0.2, 0.25) is 0 Å². The lowest BCUT2D eigenvalue weighted by Gasteiger charge is -2.39. The molecule has 7 heteroatoms. The van der Waals surface area contributed by atoms with Gasteiger partial charge in [-0.1, -0.05) is 6.07 Å². The molecular weight excluding hydrogens is 332 g/mol. The first-order valence-corrected chi connectivity index (χ1v) is 10.0. The Balaban J connectivity index is 1.58. The second kappa shape index (κ2) is 8.08. The van der Waals surface area contributed by atoms with Crippen molar-refractivity contribution in [2.75, 3.05) is 31.9 Å². The van der Waals surface area contributed by atoms with Gasteiger partial charge in [0.25, 0.3) is 0 Å². The summed E-state index contributed by atoms with van der Waals surface area (Å²) >= 11 is 2.04. The SMILES string of the molecule is CCNC(=NCCCc1nnc2ccccn12)N1CCSC(C)(C)C1. The molecule has 2 aromatic rings. The Hall–Kier alpha value is -1.76. The number of nitrogens with one attached hydrogen (secondary N) is 1. The minimum Gasteiger partial charge on any atom is -0.357 e. The molecule has 1 aliphatic rings. The van der Waals surface area contributed by atoms with E-state index in [4.69, 9.17) is 4.99 Å². The number of fused-ring (bicyclic) bond motifs is 1. The molecule has 2 aromatic heterocycles. The van der Waals surface area contributed by atoms with Crippen LogP contribution in [0.25, 0.3) is 5.65 Å². The van der Waals surface area contributed by atoms with Crippen molar-refractivity contribution in [1.82, 2.24) is 24.8 Å². The van der Waals surface area contributed by atoms with E-state index in [2.05, 4.69) is 45.6 Å². The Labute approximate surface area is 154 Å². The largest absolute Gasteiger partial charge is 0.357 e. The maximum atomic E-state index is 4.85. The van der Waals surface area contributed by atoms with E-state index < -0.39 is 0 Å². The molecule has 0 amide bonds. The quantitative estimate of drug-likeness (QED) is 0.504. The molecule has 25 heavy (non-hydrogen) atoms. The molecule has 0 bridgehead atoms. The molecule has 0 aliphatic carbocycles. The van der Waals surface area contributed by atoms with Gasteiger partial charge < -0.3 is 10.2 Å². The van der Waals surface area contributed by atoms with Crippen molar-refractivity contribution < 1.29 is 0 Å². The molecule has 0 radical (unpaired) electrons. The van der Waals surface area contributed by atoms with Crippen molar-refractivity contribution in [3.8, 4) is 0 Å². The molecule has 0 aromatic carbocycles. The number of aromatic nitrogens is 3. The Morgan fingerprint density at radius 1 is 1.36 bits per heavy atom. The third kappa shape index (κ3) is 4.66. The summed E-state index contributed by atoms with van der Waals surface area (Å²) in [4.78, 5) is 7.24. The number of aryl methyl sites for hydroxylation is 1. The van der Waals surface area contributed by atoms with Crippen LogP contribution in [0, 0.1) is 0 Å². The van der Waals surface area contributed by atoms with Crippen molar-refractivity contribution in [3.63, 3.8) is 0 Å². The number of pyridine rings is 1. The molecule has 3 rings (SSSR count). The number of guanidine groups is 1. The summed E-state index contributed by atoms with van der Waals surface area (Å²) in [6.07, 6.45) is 3.87. The zero-order valence-electron chi connectivity index (χ0n) is 15.4. The summed E-state index contributed by atoms with van der Waals surface area (Å²) in [6.45, 7) is 10.5. The summed E-state index contributed by atoms with van der Waals surface area (Å²) in [5.41, 5.74) is 0.905. The highest BCUT2D eigenvalue weighted by Gasteiger charge is 2.28. The molecule has 136 valence electrons. The lowest BCUT2D eigenvalue weighted by atomic mass is 10.2. The van der Waals surface area contributed by atoms with E-state index in [1.54, 1.807) is 0 Å². The first-order chi connectivity index (χ1) is 12.1. The van der Waals surface area contributed by atoms with Gasteiger partial charge in [-0.2, -0.15) is 11.8 Å². The number of thioether (sulfide) groups is 1. The standard InChI is InChI=1S/C18H28N6S/c1-4-19-17(23-12-13-25-18(2,3)14-23)20-10-7-9-16-22-21-15-8-5-6-11-24(15)16/h5-6,8,11H,4,7,9-10,12-14H2,1-3H3,(H,19,20). The van der Waals surface area contributed by atoms with Gasteiger partial charge in [-0.25, -0.2) is 0 Å². The minimum atomic E-state index is 0.287. The van der Waals surface area contributed by atoms with E-state index >= 15 is 0 Å². The van der Waals surface area contributed by atoms with Gasteiger partial charge in [-0.15, -0.1) is 10.2 Å². The molecule has 0 saturated carbocycles. The van der Waals surface area contributed by atoms with Crippen LogP contribution in [-0.2, 0) is 6.42 Å². The number of rotatable bonds is 5. The summed E-state index contributed by atoms with van der Waals surface area (Å²) in [6, 6.07) is 5.98. The Bertz CT molecular complexity index is 723. The normalized spacial score (nSPS) is 17.9. The van der Waals surface area contributed by atoms with Crippen LogP contribution < -0.4 is 5.32 Å². The summed E-state index contributed by atoms with van der Waals surface area (Å²) < 4.78 is 2.34. The maximum Gasteiger partial charge on any atom is 0.193 e. The van der Waals surface area contributed by atoms with Crippen LogP contribution in [0.2, 0.25) is 0 Å². The molecule has 6 nitrogen and oxygen atoms in total. The first-order valence-electron chi connectivity index (χ1n) is 9.05. The molecule has 1 saturated heterocycles. The second-order valence-corrected chi connectivity index (χ2v) is 8.72. The monoisotopic (exact) mass is 360 g/mol. The van der Waals surface area contributed by atoms with Crippen LogP contribution >= 0.6 is 11.8 Å². The van der Waals surface area contributed by atoms with Crippen molar-refractivity contribution in [2.24, 2.45) is 4.99 Å². The van der Waals surface area contributed by atoms with E-state index in [0.717, 1.165) is 62.2 Å². The van der Waals surface area contributed by atoms with Gasteiger partial charge in [0, 0.05) is 49.3 Å². The molecule has 1 N–H and O–H groups in total. The first kappa shape index (κ1) is 18.0. The zero-order valence-corrected chi connectivity index (χ0v) is 16.2. The molecule has 0 atom stereocenters. The van der Waals surface area contributed by atoms with Crippen LogP contribution in [-0.4, -0.2) is 62.1 Å². The number of aliphatic imine (C=N–C) groups is 1. The van der Waals surface area contributed by atoms with Crippen LogP contribution in [0.15, 0.2) is 29.4 Å². The summed E-state index contributed by atoms with van der Waals surface area (Å²) in [5, 5.41) is 11.9. The predicted molar refractivity (Wildman–Crippen MR) is 105 cm³/mol. The van der Waals surface area contributed by atoms with Crippen LogP contribution in [0.3, 0.4) is 0 Å². The predicted octanol–water partition coefficient (Wildman–Crippen LogP) is 2.45. The minimum absolute atomic E-state index is 0.287. The van der Waals surface area contributed by atoms with Crippen LogP contribution in [0.4, 0.5) is 0 Å². The molecule has 3 heterocycles. The van der Waals surface area contributed by atoms with E-state index in [1.807, 2.05) is 36.2 Å². The van der Waals surface area contributed by atoms with E-state index in [9.17, 15) is 0 Å². The highest BCUT2D eigenvalue weighted by atomic mass is 32.2. The van der Waals surface area contributed by atoms with Crippen molar-refractivity contribution in [1.29, 1.82) is 0 Å². The molecule has 1 aliphatic heterocycles. The van der Waals surface area contributed by atoms with Gasteiger partial charge in [0.05, 0.1) is 0 Å². The van der Waals surface area contributed by atoms with Gasteiger partial charge in [-0.3, -0.25) is 9.39 Å². The van der Waals surface area contributed by atoms with Crippen LogP contribution in [0.5, 0.6) is 0 Å². The maximum absolute atomic E-state index is 4.85. The van der Waals surface area contributed by atoms with Gasteiger partial charge in [0.15, 0.2) is 11.6 Å². The van der Waals surface area contributed by atoms with Crippen molar-refractivity contribution >= 4 is 23.4 Å². The zero-order chi connectivity index (χ0) is 17.7. The fraction of sp³-hybridized carbons (Fsp3) is 0.611. The molecule has 0 unspecified atom stereocenters. The topological polar surface area (TPSA) is 57.8 Å². The Morgan fingerprint density at radius 2 is 2.24 bits per heavy atom. The lowest BCUT2D eigenvalue weighted by molar-refractivity contribution is 0.376. The molecular formula is C18H28N6S. The third-order valence-electron chi connectivity index (χ3n) is 4.26. The Kier molecular flexibility index (Phi) is 5.83. The Morgan fingerprint density at radius 3 is 3.04 bits per heavy atom. The number of hydrogen-bond donors (Lipinski definition) is 1. The average Bonchev–Trinajstić information content (AvgIpc) is 3.00. The fourth-order valence-electron chi connectivity index (χ4n) is 3.11. The van der Waals surface area contributed by atoms with Gasteiger partial charge in [0.1, 0.15) is 5.82 Å².